The number of hydrogen-bond donors (Lipinski definition) is 1. The fraction of sp³-hybridized carbons (Fsp3) is 0.310. The summed E-state index contributed by atoms with van der Waals surface area (Å²) in [6, 6.07) is 20.2. The van der Waals surface area contributed by atoms with Crippen LogP contribution in [-0.4, -0.2) is 50.8 Å². The lowest BCUT2D eigenvalue weighted by atomic mass is 10.1. The number of rotatable bonds is 11. The number of likely N-dealkylation sites (N-methyl/N-ethyl adjacent to an activating group) is 1. The van der Waals surface area contributed by atoms with Gasteiger partial charge in [0.1, 0.15) is 12.6 Å². The molecule has 3 aromatic rings. The summed E-state index contributed by atoms with van der Waals surface area (Å²) in [5.41, 5.74) is 2.87. The monoisotopic (exact) mass is 555 g/mol. The number of aryl methyl sites for hydroxylation is 2. The molecule has 0 heterocycles. The van der Waals surface area contributed by atoms with Crippen molar-refractivity contribution in [1.29, 1.82) is 0 Å². The van der Waals surface area contributed by atoms with E-state index < -0.39 is 28.5 Å². The summed E-state index contributed by atoms with van der Waals surface area (Å²) >= 11 is 6.14. The summed E-state index contributed by atoms with van der Waals surface area (Å²) in [6.07, 6.45) is 0.515. The van der Waals surface area contributed by atoms with Crippen LogP contribution in [0.5, 0.6) is 0 Å². The number of hydrogen-bond acceptors (Lipinski definition) is 4. The van der Waals surface area contributed by atoms with Crippen molar-refractivity contribution in [3.8, 4) is 0 Å². The highest BCUT2D eigenvalue weighted by molar-refractivity contribution is 7.92. The van der Waals surface area contributed by atoms with Gasteiger partial charge in [-0.15, -0.1) is 0 Å². The SMILES string of the molecule is CCNC(=O)C(C)N(CCc1ccccc1)C(=O)CN(c1ccc(Cl)cc1C)S(=O)(=O)c1ccc(C)cc1. The second-order valence-corrected chi connectivity index (χ2v) is 11.4. The summed E-state index contributed by atoms with van der Waals surface area (Å²) < 4.78 is 28.8. The first kappa shape index (κ1) is 29.2. The zero-order valence-electron chi connectivity index (χ0n) is 22.1. The van der Waals surface area contributed by atoms with Gasteiger partial charge in [-0.25, -0.2) is 8.42 Å². The fourth-order valence-corrected chi connectivity index (χ4v) is 5.85. The third-order valence-corrected chi connectivity index (χ3v) is 8.33. The van der Waals surface area contributed by atoms with Crippen molar-refractivity contribution in [1.82, 2.24) is 10.2 Å². The molecule has 0 aliphatic carbocycles. The van der Waals surface area contributed by atoms with Crippen LogP contribution in [0.2, 0.25) is 5.02 Å². The molecule has 202 valence electrons. The average Bonchev–Trinajstić information content (AvgIpc) is 2.88. The lowest BCUT2D eigenvalue weighted by Crippen LogP contribution is -2.52. The lowest BCUT2D eigenvalue weighted by molar-refractivity contribution is -0.138. The Morgan fingerprint density at radius 3 is 2.24 bits per heavy atom. The molecular formula is C29H34ClN3O4S. The van der Waals surface area contributed by atoms with Gasteiger partial charge in [-0.2, -0.15) is 0 Å². The van der Waals surface area contributed by atoms with E-state index in [1.807, 2.05) is 37.3 Å². The largest absolute Gasteiger partial charge is 0.355 e. The molecule has 1 N–H and O–H groups in total. The van der Waals surface area contributed by atoms with Crippen molar-refractivity contribution >= 4 is 39.1 Å². The molecular weight excluding hydrogens is 522 g/mol. The third kappa shape index (κ3) is 7.14. The maximum atomic E-state index is 13.9. The molecule has 0 aliphatic rings. The number of nitrogens with zero attached hydrogens (tertiary/aromatic N) is 2. The van der Waals surface area contributed by atoms with Gasteiger partial charge in [0.25, 0.3) is 10.0 Å². The van der Waals surface area contributed by atoms with Crippen molar-refractivity contribution in [2.45, 2.75) is 45.1 Å². The Morgan fingerprint density at radius 1 is 0.974 bits per heavy atom. The average molecular weight is 556 g/mol. The molecule has 9 heteroatoms. The molecule has 7 nitrogen and oxygen atoms in total. The highest BCUT2D eigenvalue weighted by Crippen LogP contribution is 2.29. The number of carbonyl (C=O) groups excluding carboxylic acids is 2. The van der Waals surface area contributed by atoms with Gasteiger partial charge in [0, 0.05) is 18.1 Å². The normalized spacial score (nSPS) is 12.0. The van der Waals surface area contributed by atoms with Crippen LogP contribution in [0.3, 0.4) is 0 Å². The maximum Gasteiger partial charge on any atom is 0.264 e. The summed E-state index contributed by atoms with van der Waals surface area (Å²) in [5.74, 6) is -0.783. The van der Waals surface area contributed by atoms with E-state index in [-0.39, 0.29) is 17.3 Å². The highest BCUT2D eigenvalue weighted by Gasteiger charge is 2.32. The van der Waals surface area contributed by atoms with Crippen molar-refractivity contribution < 1.29 is 18.0 Å². The molecule has 0 saturated heterocycles. The second-order valence-electron chi connectivity index (χ2n) is 9.15. The van der Waals surface area contributed by atoms with Crippen LogP contribution in [-0.2, 0) is 26.0 Å². The maximum absolute atomic E-state index is 13.9. The first-order valence-electron chi connectivity index (χ1n) is 12.5. The second kappa shape index (κ2) is 12.9. The first-order chi connectivity index (χ1) is 18.0. The van der Waals surface area contributed by atoms with Gasteiger partial charge in [-0.1, -0.05) is 59.6 Å². The number of nitrogens with one attached hydrogen (secondary N) is 1. The van der Waals surface area contributed by atoms with Crippen LogP contribution >= 0.6 is 11.6 Å². The summed E-state index contributed by atoms with van der Waals surface area (Å²) in [5, 5.41) is 3.22. The first-order valence-corrected chi connectivity index (χ1v) is 14.3. The van der Waals surface area contributed by atoms with Crippen molar-refractivity contribution in [3.63, 3.8) is 0 Å². The molecule has 0 saturated carbocycles. The zero-order chi connectivity index (χ0) is 27.9. The molecule has 0 aromatic heterocycles. The van der Waals surface area contributed by atoms with Crippen LogP contribution in [0.4, 0.5) is 5.69 Å². The van der Waals surface area contributed by atoms with Gasteiger partial charge in [0.15, 0.2) is 0 Å². The van der Waals surface area contributed by atoms with Gasteiger partial charge in [-0.3, -0.25) is 13.9 Å². The molecule has 1 unspecified atom stereocenters. The van der Waals surface area contributed by atoms with Gasteiger partial charge in [0.05, 0.1) is 10.6 Å². The number of halogens is 1. The minimum absolute atomic E-state index is 0.0675. The van der Waals surface area contributed by atoms with E-state index in [4.69, 9.17) is 11.6 Å². The Balaban J connectivity index is 2.01. The summed E-state index contributed by atoms with van der Waals surface area (Å²) in [7, 11) is -4.12. The zero-order valence-corrected chi connectivity index (χ0v) is 23.7. The standard InChI is InChI=1S/C29H34ClN3O4S/c1-5-31-29(35)23(4)32(18-17-24-9-7-6-8-10-24)28(34)20-33(27-16-13-25(30)19-22(27)3)38(36,37)26-14-11-21(2)12-15-26/h6-16,19,23H,5,17-18,20H2,1-4H3,(H,31,35). The van der Waals surface area contributed by atoms with Gasteiger partial charge >= 0.3 is 0 Å². The predicted molar refractivity (Wildman–Crippen MR) is 152 cm³/mol. The Labute approximate surface area is 230 Å². The topological polar surface area (TPSA) is 86.8 Å². The van der Waals surface area contributed by atoms with Gasteiger partial charge < -0.3 is 10.2 Å². The minimum atomic E-state index is -4.12. The third-order valence-electron chi connectivity index (χ3n) is 6.32. The number of anilines is 1. The van der Waals surface area contributed by atoms with Crippen LogP contribution in [0, 0.1) is 13.8 Å². The van der Waals surface area contributed by atoms with Crippen LogP contribution in [0.1, 0.15) is 30.5 Å². The molecule has 0 spiro atoms. The van der Waals surface area contributed by atoms with E-state index >= 15 is 0 Å². The Morgan fingerprint density at radius 2 is 1.63 bits per heavy atom. The molecule has 38 heavy (non-hydrogen) atoms. The fourth-order valence-electron chi connectivity index (χ4n) is 4.14. The molecule has 3 aromatic carbocycles. The molecule has 0 bridgehead atoms. The number of sulfonamides is 1. The summed E-state index contributed by atoms with van der Waals surface area (Å²) in [6.45, 7) is 7.26. The Kier molecular flexibility index (Phi) is 9.94. The van der Waals surface area contributed by atoms with E-state index in [1.54, 1.807) is 51.1 Å². The smallest absolute Gasteiger partial charge is 0.264 e. The van der Waals surface area contributed by atoms with Crippen LogP contribution in [0.25, 0.3) is 0 Å². The molecule has 0 aliphatic heterocycles. The van der Waals surface area contributed by atoms with Crippen molar-refractivity contribution in [2.75, 3.05) is 23.9 Å². The van der Waals surface area contributed by atoms with E-state index in [1.165, 1.54) is 17.0 Å². The van der Waals surface area contributed by atoms with Crippen molar-refractivity contribution in [2.24, 2.45) is 0 Å². The van der Waals surface area contributed by atoms with E-state index in [0.29, 0.717) is 29.2 Å². The molecule has 2 amide bonds. The number of carbonyl (C=O) groups is 2. The Bertz CT molecular complexity index is 1360. The number of benzene rings is 3. The van der Waals surface area contributed by atoms with E-state index in [9.17, 15) is 18.0 Å². The van der Waals surface area contributed by atoms with Crippen LogP contribution in [0.15, 0.2) is 77.7 Å². The summed E-state index contributed by atoms with van der Waals surface area (Å²) in [4.78, 5) is 28.1. The van der Waals surface area contributed by atoms with E-state index in [0.717, 1.165) is 15.4 Å². The highest BCUT2D eigenvalue weighted by atomic mass is 35.5. The molecule has 0 radical (unpaired) electrons. The van der Waals surface area contributed by atoms with Crippen LogP contribution < -0.4 is 9.62 Å². The molecule has 0 fully saturated rings. The van der Waals surface area contributed by atoms with E-state index in [2.05, 4.69) is 5.32 Å². The van der Waals surface area contributed by atoms with Gasteiger partial charge in [-0.05, 0) is 75.6 Å². The van der Waals surface area contributed by atoms with Crippen molar-refractivity contribution in [3.05, 3.63) is 94.5 Å². The molecule has 1 atom stereocenters. The molecule has 3 rings (SSSR count). The minimum Gasteiger partial charge on any atom is -0.355 e. The quantitative estimate of drug-likeness (QED) is 0.370. The Hall–Kier alpha value is -3.36. The predicted octanol–water partition coefficient (Wildman–Crippen LogP) is 4.75. The lowest BCUT2D eigenvalue weighted by Gasteiger charge is -2.32. The number of amides is 2. The van der Waals surface area contributed by atoms with Gasteiger partial charge in [0.2, 0.25) is 11.8 Å².